The molecule has 1 aromatic carbocycles. The number of carbonyl (C=O) groups excluding carboxylic acids is 1. The third-order valence-electron chi connectivity index (χ3n) is 3.33. The second-order valence-corrected chi connectivity index (χ2v) is 8.17. The van der Waals surface area contributed by atoms with E-state index in [2.05, 4.69) is 31.8 Å². The Morgan fingerprint density at radius 3 is 2.57 bits per heavy atom. The predicted molar refractivity (Wildman–Crippen MR) is 97.7 cm³/mol. The first-order valence-corrected chi connectivity index (χ1v) is 9.15. The summed E-state index contributed by atoms with van der Waals surface area (Å²) in [6, 6.07) is 7.35. The molecular formula is C17H21NO3S2. The highest BCUT2D eigenvalue weighted by atomic mass is 32.2. The van der Waals surface area contributed by atoms with Crippen LogP contribution >= 0.6 is 23.1 Å². The molecule has 0 amide bonds. The first-order valence-electron chi connectivity index (χ1n) is 7.11. The number of rotatable bonds is 3. The normalized spacial score (nSPS) is 11.3. The minimum Gasteiger partial charge on any atom is -0.437 e. The lowest BCUT2D eigenvalue weighted by Gasteiger charge is -2.22. The summed E-state index contributed by atoms with van der Waals surface area (Å²) in [7, 11) is 1.28. The number of carbonyl (C=O) groups is 1. The van der Waals surface area contributed by atoms with E-state index < -0.39 is 6.16 Å². The zero-order valence-electron chi connectivity index (χ0n) is 13.9. The first kappa shape index (κ1) is 17.7. The van der Waals surface area contributed by atoms with Crippen molar-refractivity contribution in [2.75, 3.05) is 19.1 Å². The molecule has 23 heavy (non-hydrogen) atoms. The highest BCUT2D eigenvalue weighted by Crippen LogP contribution is 2.48. The Morgan fingerprint density at radius 2 is 2.00 bits per heavy atom. The summed E-state index contributed by atoms with van der Waals surface area (Å²) in [4.78, 5) is 11.3. The Hall–Kier alpha value is -1.66. The summed E-state index contributed by atoms with van der Waals surface area (Å²) >= 11 is 3.30. The Labute approximate surface area is 145 Å². The van der Waals surface area contributed by atoms with Crippen LogP contribution in [0.15, 0.2) is 28.5 Å². The molecule has 0 spiro atoms. The summed E-state index contributed by atoms with van der Waals surface area (Å²) in [5.41, 5.74) is 9.43. The third-order valence-corrected chi connectivity index (χ3v) is 5.47. The lowest BCUT2D eigenvalue weighted by molar-refractivity contribution is 0.121. The van der Waals surface area contributed by atoms with E-state index in [0.717, 1.165) is 16.1 Å². The first-order chi connectivity index (χ1) is 10.8. The molecule has 0 radical (unpaired) electrons. The van der Waals surface area contributed by atoms with Gasteiger partial charge >= 0.3 is 6.16 Å². The van der Waals surface area contributed by atoms with Gasteiger partial charge in [0.15, 0.2) is 0 Å². The number of thiophene rings is 1. The molecular weight excluding hydrogens is 330 g/mol. The third kappa shape index (κ3) is 3.82. The maximum atomic E-state index is 11.3. The Bertz CT molecular complexity index is 717. The number of thioether (sulfide) groups is 1. The van der Waals surface area contributed by atoms with Crippen LogP contribution in [0.3, 0.4) is 0 Å². The van der Waals surface area contributed by atoms with Crippen LogP contribution in [-0.4, -0.2) is 19.5 Å². The summed E-state index contributed by atoms with van der Waals surface area (Å²) in [6.45, 7) is 6.52. The molecule has 124 valence electrons. The molecule has 0 saturated carbocycles. The number of hydrogen-bond acceptors (Lipinski definition) is 6. The van der Waals surface area contributed by atoms with E-state index in [9.17, 15) is 4.79 Å². The predicted octanol–water partition coefficient (Wildman–Crippen LogP) is 5.16. The molecule has 4 nitrogen and oxygen atoms in total. The lowest BCUT2D eigenvalue weighted by atomic mass is 9.84. The Balaban J connectivity index is 2.56. The number of anilines is 1. The maximum Gasteiger partial charge on any atom is 0.513 e. The minimum atomic E-state index is -0.735. The van der Waals surface area contributed by atoms with Crippen molar-refractivity contribution in [2.24, 2.45) is 0 Å². The number of methoxy groups -OCH3 is 1. The molecule has 0 fully saturated rings. The smallest absolute Gasteiger partial charge is 0.437 e. The second kappa shape index (κ2) is 6.84. The van der Waals surface area contributed by atoms with Crippen LogP contribution < -0.4 is 10.5 Å². The van der Waals surface area contributed by atoms with Gasteiger partial charge < -0.3 is 15.2 Å². The monoisotopic (exact) mass is 351 g/mol. The molecule has 0 aliphatic heterocycles. The topological polar surface area (TPSA) is 61.5 Å². The summed E-state index contributed by atoms with van der Waals surface area (Å²) in [6.07, 6.45) is 1.32. The van der Waals surface area contributed by atoms with Crippen molar-refractivity contribution in [1.29, 1.82) is 0 Å². The molecule has 2 aromatic rings. The van der Waals surface area contributed by atoms with Gasteiger partial charge in [0.1, 0.15) is 5.75 Å². The SMILES string of the molecule is COC(=O)Oc1cccc(-c2c(N)sc(SC)c2C(C)(C)C)c1. The summed E-state index contributed by atoms with van der Waals surface area (Å²) < 4.78 is 10.9. The van der Waals surface area contributed by atoms with Gasteiger partial charge in [0, 0.05) is 5.56 Å². The van der Waals surface area contributed by atoms with Crippen LogP contribution in [0.2, 0.25) is 0 Å². The molecule has 1 aromatic heterocycles. The number of nitrogen functional groups attached to an aromatic ring is 1. The molecule has 0 bridgehead atoms. The molecule has 0 atom stereocenters. The van der Waals surface area contributed by atoms with Gasteiger partial charge in [-0.25, -0.2) is 4.79 Å². The zero-order chi connectivity index (χ0) is 17.2. The minimum absolute atomic E-state index is 0.0407. The fraction of sp³-hybridized carbons (Fsp3) is 0.353. The van der Waals surface area contributed by atoms with Crippen molar-refractivity contribution >= 4 is 34.3 Å². The van der Waals surface area contributed by atoms with E-state index >= 15 is 0 Å². The summed E-state index contributed by atoms with van der Waals surface area (Å²) in [5.74, 6) is 0.436. The number of nitrogens with two attached hydrogens (primary N) is 1. The summed E-state index contributed by atoms with van der Waals surface area (Å²) in [5, 5.41) is 0.773. The second-order valence-electron chi connectivity index (χ2n) is 6.04. The van der Waals surface area contributed by atoms with Gasteiger partial charge in [-0.05, 0) is 34.9 Å². The van der Waals surface area contributed by atoms with Gasteiger partial charge in [-0.15, -0.1) is 23.1 Å². The molecule has 0 unspecified atom stereocenters. The highest BCUT2D eigenvalue weighted by Gasteiger charge is 2.27. The number of ether oxygens (including phenoxy) is 2. The standard InChI is InChI=1S/C17H21NO3S2/c1-17(2,3)13-12(14(18)23-15(13)22-5)10-7-6-8-11(9-10)21-16(19)20-4/h6-9H,18H2,1-5H3. The van der Waals surface area contributed by atoms with Crippen molar-refractivity contribution < 1.29 is 14.3 Å². The Morgan fingerprint density at radius 1 is 1.30 bits per heavy atom. The largest absolute Gasteiger partial charge is 0.513 e. The van der Waals surface area contributed by atoms with Gasteiger partial charge in [-0.3, -0.25) is 0 Å². The van der Waals surface area contributed by atoms with Crippen LogP contribution in [-0.2, 0) is 10.2 Å². The highest BCUT2D eigenvalue weighted by molar-refractivity contribution is 8.00. The zero-order valence-corrected chi connectivity index (χ0v) is 15.6. The van der Waals surface area contributed by atoms with E-state index in [0.29, 0.717) is 5.75 Å². The molecule has 0 saturated heterocycles. The van der Waals surface area contributed by atoms with Crippen molar-refractivity contribution in [1.82, 2.24) is 0 Å². The average Bonchev–Trinajstić information content (AvgIpc) is 2.84. The van der Waals surface area contributed by atoms with Gasteiger partial charge in [0.2, 0.25) is 0 Å². The van der Waals surface area contributed by atoms with Gasteiger partial charge in [-0.2, -0.15) is 0 Å². The fourth-order valence-corrected chi connectivity index (χ4v) is 4.64. The molecule has 6 heteroatoms. The average molecular weight is 351 g/mol. The molecule has 1 heterocycles. The van der Waals surface area contributed by atoms with Crippen molar-refractivity contribution in [3.05, 3.63) is 29.8 Å². The van der Waals surface area contributed by atoms with Crippen LogP contribution in [0.5, 0.6) is 5.75 Å². The quantitative estimate of drug-likeness (QED) is 0.470. The lowest BCUT2D eigenvalue weighted by Crippen LogP contribution is -2.13. The van der Waals surface area contributed by atoms with E-state index in [1.54, 1.807) is 29.2 Å². The van der Waals surface area contributed by atoms with E-state index in [1.807, 2.05) is 18.2 Å². The van der Waals surface area contributed by atoms with Gasteiger partial charge in [0.25, 0.3) is 0 Å². The van der Waals surface area contributed by atoms with Gasteiger partial charge in [0.05, 0.1) is 16.3 Å². The van der Waals surface area contributed by atoms with Crippen LogP contribution in [0.1, 0.15) is 26.3 Å². The van der Waals surface area contributed by atoms with Crippen LogP contribution in [0.4, 0.5) is 9.80 Å². The van der Waals surface area contributed by atoms with Crippen LogP contribution in [0.25, 0.3) is 11.1 Å². The van der Waals surface area contributed by atoms with Crippen LogP contribution in [0, 0.1) is 0 Å². The van der Waals surface area contributed by atoms with Gasteiger partial charge in [-0.1, -0.05) is 32.9 Å². The fourth-order valence-electron chi connectivity index (χ4n) is 2.39. The Kier molecular flexibility index (Phi) is 5.26. The van der Waals surface area contributed by atoms with Crippen molar-refractivity contribution in [3.63, 3.8) is 0 Å². The number of hydrogen-bond donors (Lipinski definition) is 1. The van der Waals surface area contributed by atoms with Crippen molar-refractivity contribution in [3.8, 4) is 16.9 Å². The molecule has 2 N–H and O–H groups in total. The van der Waals surface area contributed by atoms with E-state index in [4.69, 9.17) is 10.5 Å². The molecule has 0 aliphatic rings. The number of benzene rings is 1. The van der Waals surface area contributed by atoms with E-state index in [1.165, 1.54) is 16.9 Å². The maximum absolute atomic E-state index is 11.3. The molecule has 2 rings (SSSR count). The van der Waals surface area contributed by atoms with E-state index in [-0.39, 0.29) is 5.41 Å². The molecule has 0 aliphatic carbocycles. The van der Waals surface area contributed by atoms with Crippen molar-refractivity contribution in [2.45, 2.75) is 30.4 Å².